The number of rotatable bonds is 2. The molecule has 0 aromatic carbocycles. The summed E-state index contributed by atoms with van der Waals surface area (Å²) in [5.41, 5.74) is -1.47. The molecule has 1 aromatic heterocycles. The molecule has 2 aliphatic rings. The second-order valence-electron chi connectivity index (χ2n) is 6.89. The molecule has 2 saturated heterocycles. The standard InChI is InChI=1S/C16H21F3N4O/c1-11(2)23-8-3-5-15(13(23)24)6-9-22(10-15)14-20-7-4-12(21-14)16(17,18)19/h4,7,11H,3,5-6,8-10H2,1-2H3. The van der Waals surface area contributed by atoms with Gasteiger partial charge in [-0.15, -0.1) is 0 Å². The van der Waals surface area contributed by atoms with Gasteiger partial charge in [0.05, 0.1) is 5.41 Å². The van der Waals surface area contributed by atoms with Crippen LogP contribution in [0.2, 0.25) is 0 Å². The normalized spacial score (nSPS) is 25.2. The van der Waals surface area contributed by atoms with Crippen molar-refractivity contribution in [1.82, 2.24) is 14.9 Å². The first-order valence-electron chi connectivity index (χ1n) is 8.19. The first kappa shape index (κ1) is 17.0. The molecule has 8 heteroatoms. The Hall–Kier alpha value is -1.86. The number of halogens is 3. The van der Waals surface area contributed by atoms with Crippen molar-refractivity contribution in [2.75, 3.05) is 24.5 Å². The third kappa shape index (κ3) is 2.93. The third-order valence-electron chi connectivity index (χ3n) is 4.96. The molecule has 0 radical (unpaired) electrons. The summed E-state index contributed by atoms with van der Waals surface area (Å²) in [5.74, 6) is 0.161. The molecule has 2 fully saturated rings. The Labute approximate surface area is 138 Å². The Morgan fingerprint density at radius 3 is 2.67 bits per heavy atom. The van der Waals surface area contributed by atoms with Gasteiger partial charge in [-0.05, 0) is 39.2 Å². The van der Waals surface area contributed by atoms with E-state index < -0.39 is 17.3 Å². The molecule has 1 spiro atoms. The molecular weight excluding hydrogens is 321 g/mol. The quantitative estimate of drug-likeness (QED) is 0.829. The predicted molar refractivity (Wildman–Crippen MR) is 82.4 cm³/mol. The van der Waals surface area contributed by atoms with Gasteiger partial charge in [0.2, 0.25) is 11.9 Å². The van der Waals surface area contributed by atoms with Gasteiger partial charge in [0.25, 0.3) is 0 Å². The zero-order chi connectivity index (χ0) is 17.5. The van der Waals surface area contributed by atoms with Gasteiger partial charge in [0.15, 0.2) is 0 Å². The number of carbonyl (C=O) groups is 1. The van der Waals surface area contributed by atoms with E-state index >= 15 is 0 Å². The van der Waals surface area contributed by atoms with Crippen LogP contribution in [-0.2, 0) is 11.0 Å². The maximum absolute atomic E-state index is 12.9. The van der Waals surface area contributed by atoms with Crippen LogP contribution in [0, 0.1) is 5.41 Å². The number of anilines is 1. The lowest BCUT2D eigenvalue weighted by Crippen LogP contribution is -2.52. The fourth-order valence-electron chi connectivity index (χ4n) is 3.67. The average Bonchev–Trinajstić information content (AvgIpc) is 2.94. The van der Waals surface area contributed by atoms with Crippen LogP contribution in [0.3, 0.4) is 0 Å². The van der Waals surface area contributed by atoms with Crippen molar-refractivity contribution >= 4 is 11.9 Å². The molecular formula is C16H21F3N4O. The van der Waals surface area contributed by atoms with Crippen LogP contribution < -0.4 is 4.90 Å². The zero-order valence-electron chi connectivity index (χ0n) is 13.8. The van der Waals surface area contributed by atoms with E-state index in [2.05, 4.69) is 9.97 Å². The van der Waals surface area contributed by atoms with Crippen LogP contribution in [0.25, 0.3) is 0 Å². The number of likely N-dealkylation sites (tertiary alicyclic amines) is 1. The summed E-state index contributed by atoms with van der Waals surface area (Å²) < 4.78 is 38.5. The molecule has 2 aliphatic heterocycles. The molecule has 3 heterocycles. The van der Waals surface area contributed by atoms with Crippen LogP contribution in [-0.4, -0.2) is 46.5 Å². The van der Waals surface area contributed by atoms with Gasteiger partial charge >= 0.3 is 6.18 Å². The lowest BCUT2D eigenvalue weighted by Gasteiger charge is -2.41. The molecule has 1 aromatic rings. The number of aromatic nitrogens is 2. The second kappa shape index (κ2) is 5.89. The first-order valence-corrected chi connectivity index (χ1v) is 8.19. The Morgan fingerprint density at radius 1 is 1.25 bits per heavy atom. The van der Waals surface area contributed by atoms with E-state index in [9.17, 15) is 18.0 Å². The number of carbonyl (C=O) groups excluding carboxylic acids is 1. The summed E-state index contributed by atoms with van der Waals surface area (Å²) >= 11 is 0. The number of piperidine rings is 1. The fourth-order valence-corrected chi connectivity index (χ4v) is 3.67. The van der Waals surface area contributed by atoms with E-state index in [-0.39, 0.29) is 17.9 Å². The van der Waals surface area contributed by atoms with Crippen LogP contribution in [0.15, 0.2) is 12.3 Å². The number of hydrogen-bond acceptors (Lipinski definition) is 4. The molecule has 0 aliphatic carbocycles. The second-order valence-corrected chi connectivity index (χ2v) is 6.89. The van der Waals surface area contributed by atoms with Crippen molar-refractivity contribution in [3.05, 3.63) is 18.0 Å². The van der Waals surface area contributed by atoms with Gasteiger partial charge in [0.1, 0.15) is 5.69 Å². The van der Waals surface area contributed by atoms with Crippen molar-refractivity contribution in [1.29, 1.82) is 0 Å². The van der Waals surface area contributed by atoms with E-state index in [4.69, 9.17) is 0 Å². The lowest BCUT2D eigenvalue weighted by atomic mass is 9.78. The first-order chi connectivity index (χ1) is 11.2. The Bertz CT molecular complexity index is 634. The van der Waals surface area contributed by atoms with Crippen LogP contribution in [0.4, 0.5) is 19.1 Å². The number of nitrogens with zero attached hydrogens (tertiary/aromatic N) is 4. The maximum Gasteiger partial charge on any atom is 0.433 e. The van der Waals surface area contributed by atoms with E-state index in [0.29, 0.717) is 19.5 Å². The maximum atomic E-state index is 12.9. The van der Waals surface area contributed by atoms with Crippen molar-refractivity contribution < 1.29 is 18.0 Å². The topological polar surface area (TPSA) is 49.3 Å². The summed E-state index contributed by atoms with van der Waals surface area (Å²) in [6, 6.07) is 0.996. The monoisotopic (exact) mass is 342 g/mol. The zero-order valence-corrected chi connectivity index (χ0v) is 13.8. The molecule has 24 heavy (non-hydrogen) atoms. The Kier molecular flexibility index (Phi) is 4.17. The van der Waals surface area contributed by atoms with Crippen molar-refractivity contribution in [3.8, 4) is 0 Å². The molecule has 132 valence electrons. The van der Waals surface area contributed by atoms with E-state index in [1.165, 1.54) is 0 Å². The summed E-state index contributed by atoms with van der Waals surface area (Å²) in [4.78, 5) is 24.1. The summed E-state index contributed by atoms with van der Waals surface area (Å²) in [5, 5.41) is 0. The number of amides is 1. The van der Waals surface area contributed by atoms with Crippen molar-refractivity contribution in [2.45, 2.75) is 45.3 Å². The minimum absolute atomic E-state index is 0.0520. The average molecular weight is 342 g/mol. The minimum Gasteiger partial charge on any atom is -0.340 e. The van der Waals surface area contributed by atoms with Gasteiger partial charge in [-0.25, -0.2) is 9.97 Å². The highest BCUT2D eigenvalue weighted by molar-refractivity contribution is 5.85. The Morgan fingerprint density at radius 2 is 2.00 bits per heavy atom. The highest BCUT2D eigenvalue weighted by Crippen LogP contribution is 2.41. The predicted octanol–water partition coefficient (Wildman–Crippen LogP) is 2.72. The molecule has 5 nitrogen and oxygen atoms in total. The molecule has 3 rings (SSSR count). The minimum atomic E-state index is -4.50. The van der Waals surface area contributed by atoms with E-state index in [0.717, 1.165) is 31.6 Å². The molecule has 1 unspecified atom stereocenters. The van der Waals surface area contributed by atoms with Crippen LogP contribution in [0.5, 0.6) is 0 Å². The number of alkyl halides is 3. The van der Waals surface area contributed by atoms with Gasteiger partial charge in [-0.2, -0.15) is 13.2 Å². The van der Waals surface area contributed by atoms with Gasteiger partial charge in [-0.3, -0.25) is 4.79 Å². The largest absolute Gasteiger partial charge is 0.433 e. The lowest BCUT2D eigenvalue weighted by molar-refractivity contribution is -0.147. The van der Waals surface area contributed by atoms with Crippen molar-refractivity contribution in [2.24, 2.45) is 5.41 Å². The summed E-state index contributed by atoms with van der Waals surface area (Å²) in [6.07, 6.45) is -1.05. The Balaban J connectivity index is 1.81. The van der Waals surface area contributed by atoms with Crippen LogP contribution >= 0.6 is 0 Å². The molecule has 1 atom stereocenters. The molecule has 0 bridgehead atoms. The number of hydrogen-bond donors (Lipinski definition) is 0. The van der Waals surface area contributed by atoms with Crippen LogP contribution in [0.1, 0.15) is 38.8 Å². The van der Waals surface area contributed by atoms with Gasteiger partial charge < -0.3 is 9.80 Å². The molecule has 0 N–H and O–H groups in total. The summed E-state index contributed by atoms with van der Waals surface area (Å²) in [6.45, 7) is 5.60. The molecule has 0 saturated carbocycles. The van der Waals surface area contributed by atoms with E-state index in [1.54, 1.807) is 4.90 Å². The smallest absolute Gasteiger partial charge is 0.340 e. The van der Waals surface area contributed by atoms with E-state index in [1.807, 2.05) is 18.7 Å². The highest BCUT2D eigenvalue weighted by atomic mass is 19.4. The molecule has 1 amide bonds. The highest BCUT2D eigenvalue weighted by Gasteiger charge is 2.49. The summed E-state index contributed by atoms with van der Waals surface area (Å²) in [7, 11) is 0. The van der Waals surface area contributed by atoms with Gasteiger partial charge in [0, 0.05) is 31.9 Å². The fraction of sp³-hybridized carbons (Fsp3) is 0.688. The van der Waals surface area contributed by atoms with Crippen molar-refractivity contribution in [3.63, 3.8) is 0 Å². The third-order valence-corrected chi connectivity index (χ3v) is 4.96. The van der Waals surface area contributed by atoms with Gasteiger partial charge in [-0.1, -0.05) is 0 Å². The SMILES string of the molecule is CC(C)N1CCCC2(CCN(c3nccc(C(F)(F)F)n3)C2)C1=O.